The smallest absolute Gasteiger partial charge is 0.253 e. The fourth-order valence-electron chi connectivity index (χ4n) is 3.16. The summed E-state index contributed by atoms with van der Waals surface area (Å²) in [5.41, 5.74) is 2.95. The molecule has 0 aliphatic carbocycles. The van der Waals surface area contributed by atoms with Crippen LogP contribution >= 0.6 is 23.1 Å². The molecule has 144 valence electrons. The molecule has 1 aromatic heterocycles. The molecule has 0 radical (unpaired) electrons. The minimum absolute atomic E-state index is 0.0398. The van der Waals surface area contributed by atoms with E-state index in [9.17, 15) is 9.59 Å². The van der Waals surface area contributed by atoms with Gasteiger partial charge in [0.25, 0.3) is 5.91 Å². The van der Waals surface area contributed by atoms with Crippen LogP contribution in [0.25, 0.3) is 0 Å². The summed E-state index contributed by atoms with van der Waals surface area (Å²) in [5.74, 6) is 1.11. The van der Waals surface area contributed by atoms with Gasteiger partial charge in [-0.05, 0) is 37.5 Å². The highest BCUT2D eigenvalue weighted by Gasteiger charge is 2.28. The number of thiazole rings is 1. The van der Waals surface area contributed by atoms with Crippen molar-refractivity contribution < 1.29 is 9.59 Å². The minimum atomic E-state index is 0.0398. The summed E-state index contributed by atoms with van der Waals surface area (Å²) in [6, 6.07) is 7.84. The molecule has 2 amide bonds. The fourth-order valence-corrected chi connectivity index (χ4v) is 4.97. The Balaban J connectivity index is 1.52. The number of thioether (sulfide) groups is 1. The standard InChI is InChI=1S/C20H25N3O2S2/c1-14-12-26-20(21-14)27-13-15-4-6-16(7-5-15)19(25)23-10-8-17(9-11-23)18(24)22(2)3/h4-7,12,17H,8-11,13H2,1-3H3. The van der Waals surface area contributed by atoms with E-state index in [0.29, 0.717) is 18.7 Å². The molecule has 2 aromatic rings. The van der Waals surface area contributed by atoms with Gasteiger partial charge in [-0.1, -0.05) is 23.9 Å². The van der Waals surface area contributed by atoms with E-state index in [-0.39, 0.29) is 17.7 Å². The second kappa shape index (κ2) is 8.89. The number of aromatic nitrogens is 1. The summed E-state index contributed by atoms with van der Waals surface area (Å²) >= 11 is 3.38. The maximum atomic E-state index is 12.7. The van der Waals surface area contributed by atoms with Crippen LogP contribution in [0.4, 0.5) is 0 Å². The Morgan fingerprint density at radius 2 is 1.89 bits per heavy atom. The average Bonchev–Trinajstić information content (AvgIpc) is 3.11. The molecular formula is C20H25N3O2S2. The van der Waals surface area contributed by atoms with E-state index in [1.165, 1.54) is 5.56 Å². The number of carbonyl (C=O) groups is 2. The van der Waals surface area contributed by atoms with Crippen LogP contribution in [0.2, 0.25) is 0 Å². The zero-order valence-electron chi connectivity index (χ0n) is 16.0. The molecule has 1 saturated heterocycles. The van der Waals surface area contributed by atoms with Crippen molar-refractivity contribution >= 4 is 34.9 Å². The monoisotopic (exact) mass is 403 g/mol. The lowest BCUT2D eigenvalue weighted by Gasteiger charge is -2.32. The summed E-state index contributed by atoms with van der Waals surface area (Å²) in [5, 5.41) is 2.05. The first kappa shape index (κ1) is 19.9. The van der Waals surface area contributed by atoms with Gasteiger partial charge in [-0.25, -0.2) is 4.98 Å². The molecule has 7 heteroatoms. The van der Waals surface area contributed by atoms with Crippen molar-refractivity contribution in [2.75, 3.05) is 27.2 Å². The van der Waals surface area contributed by atoms with Crippen LogP contribution in [0.1, 0.15) is 34.5 Å². The predicted molar refractivity (Wildman–Crippen MR) is 110 cm³/mol. The first-order chi connectivity index (χ1) is 12.9. The zero-order chi connectivity index (χ0) is 19.4. The van der Waals surface area contributed by atoms with Gasteiger partial charge >= 0.3 is 0 Å². The first-order valence-corrected chi connectivity index (χ1v) is 10.9. The van der Waals surface area contributed by atoms with E-state index in [1.54, 1.807) is 42.1 Å². The molecular weight excluding hydrogens is 378 g/mol. The third kappa shape index (κ3) is 5.11. The Bertz CT molecular complexity index is 794. The van der Waals surface area contributed by atoms with Crippen molar-refractivity contribution in [3.05, 3.63) is 46.5 Å². The normalized spacial score (nSPS) is 15.0. The maximum absolute atomic E-state index is 12.7. The van der Waals surface area contributed by atoms with E-state index in [0.717, 1.165) is 28.6 Å². The Labute approximate surface area is 168 Å². The van der Waals surface area contributed by atoms with E-state index in [1.807, 2.05) is 36.1 Å². The minimum Gasteiger partial charge on any atom is -0.349 e. The molecule has 0 spiro atoms. The predicted octanol–water partition coefficient (Wildman–Crippen LogP) is 3.68. The van der Waals surface area contributed by atoms with E-state index < -0.39 is 0 Å². The van der Waals surface area contributed by atoms with Gasteiger partial charge in [0, 0.05) is 55.5 Å². The van der Waals surface area contributed by atoms with Crippen LogP contribution in [0, 0.1) is 12.8 Å². The third-order valence-corrected chi connectivity index (χ3v) is 6.94. The highest BCUT2D eigenvalue weighted by molar-refractivity contribution is 8.00. The highest BCUT2D eigenvalue weighted by Crippen LogP contribution is 2.26. The van der Waals surface area contributed by atoms with Gasteiger partial charge in [0.05, 0.1) is 0 Å². The number of hydrogen-bond acceptors (Lipinski definition) is 5. The number of piperidine rings is 1. The van der Waals surface area contributed by atoms with Gasteiger partial charge < -0.3 is 9.80 Å². The number of benzene rings is 1. The van der Waals surface area contributed by atoms with Gasteiger partial charge in [0.1, 0.15) is 4.34 Å². The number of nitrogens with zero attached hydrogens (tertiary/aromatic N) is 3. The number of carbonyl (C=O) groups excluding carboxylic acids is 2. The van der Waals surface area contributed by atoms with Crippen LogP contribution in [-0.2, 0) is 10.5 Å². The molecule has 1 aromatic carbocycles. The second-order valence-corrected chi connectivity index (χ2v) is 9.12. The Morgan fingerprint density at radius 3 is 2.44 bits per heavy atom. The number of hydrogen-bond donors (Lipinski definition) is 0. The van der Waals surface area contributed by atoms with Crippen LogP contribution in [-0.4, -0.2) is 53.8 Å². The van der Waals surface area contributed by atoms with Crippen LogP contribution in [0.5, 0.6) is 0 Å². The molecule has 5 nitrogen and oxygen atoms in total. The molecule has 0 saturated carbocycles. The Morgan fingerprint density at radius 1 is 1.22 bits per heavy atom. The molecule has 0 atom stereocenters. The molecule has 2 heterocycles. The van der Waals surface area contributed by atoms with E-state index in [2.05, 4.69) is 10.4 Å². The van der Waals surface area contributed by atoms with Crippen molar-refractivity contribution in [2.24, 2.45) is 5.92 Å². The van der Waals surface area contributed by atoms with Crippen molar-refractivity contribution in [3.8, 4) is 0 Å². The van der Waals surface area contributed by atoms with Gasteiger partial charge in [-0.15, -0.1) is 11.3 Å². The fraction of sp³-hybridized carbons (Fsp3) is 0.450. The van der Waals surface area contributed by atoms with Crippen LogP contribution in [0.15, 0.2) is 34.0 Å². The van der Waals surface area contributed by atoms with Gasteiger partial charge in [-0.2, -0.15) is 0 Å². The Kier molecular flexibility index (Phi) is 6.55. The van der Waals surface area contributed by atoms with Crippen molar-refractivity contribution in [1.29, 1.82) is 0 Å². The lowest BCUT2D eigenvalue weighted by molar-refractivity contribution is -0.134. The summed E-state index contributed by atoms with van der Waals surface area (Å²) in [6.07, 6.45) is 1.48. The molecule has 0 unspecified atom stereocenters. The third-order valence-electron chi connectivity index (χ3n) is 4.73. The number of rotatable bonds is 5. The van der Waals surface area contributed by atoms with Crippen molar-refractivity contribution in [3.63, 3.8) is 0 Å². The van der Waals surface area contributed by atoms with E-state index >= 15 is 0 Å². The van der Waals surface area contributed by atoms with Gasteiger partial charge in [0.15, 0.2) is 0 Å². The highest BCUT2D eigenvalue weighted by atomic mass is 32.2. The molecule has 1 fully saturated rings. The second-order valence-electron chi connectivity index (χ2n) is 7.04. The largest absolute Gasteiger partial charge is 0.349 e. The SMILES string of the molecule is Cc1csc(SCc2ccc(C(=O)N3CCC(C(=O)N(C)C)CC3)cc2)n1. The lowest BCUT2D eigenvalue weighted by Crippen LogP contribution is -2.42. The Hall–Kier alpha value is -1.86. The summed E-state index contributed by atoms with van der Waals surface area (Å²) in [4.78, 5) is 32.7. The number of likely N-dealkylation sites (tertiary alicyclic amines) is 1. The molecule has 0 N–H and O–H groups in total. The number of aryl methyl sites for hydroxylation is 1. The van der Waals surface area contributed by atoms with Crippen LogP contribution in [0.3, 0.4) is 0 Å². The van der Waals surface area contributed by atoms with Crippen molar-refractivity contribution in [1.82, 2.24) is 14.8 Å². The molecule has 0 bridgehead atoms. The maximum Gasteiger partial charge on any atom is 0.253 e. The molecule has 3 rings (SSSR count). The van der Waals surface area contributed by atoms with Crippen LogP contribution < -0.4 is 0 Å². The summed E-state index contributed by atoms with van der Waals surface area (Å²) in [6.45, 7) is 3.29. The topological polar surface area (TPSA) is 53.5 Å². The lowest BCUT2D eigenvalue weighted by atomic mass is 9.95. The quantitative estimate of drug-likeness (QED) is 0.715. The van der Waals surface area contributed by atoms with Gasteiger partial charge in [-0.3, -0.25) is 9.59 Å². The molecule has 1 aliphatic heterocycles. The zero-order valence-corrected chi connectivity index (χ0v) is 17.6. The van der Waals surface area contributed by atoms with Crippen molar-refractivity contribution in [2.45, 2.75) is 29.9 Å². The molecule has 27 heavy (non-hydrogen) atoms. The molecule has 1 aliphatic rings. The van der Waals surface area contributed by atoms with Gasteiger partial charge in [0.2, 0.25) is 5.91 Å². The number of amides is 2. The summed E-state index contributed by atoms with van der Waals surface area (Å²) in [7, 11) is 3.57. The first-order valence-electron chi connectivity index (χ1n) is 9.08. The average molecular weight is 404 g/mol. The summed E-state index contributed by atoms with van der Waals surface area (Å²) < 4.78 is 1.07. The van der Waals surface area contributed by atoms with E-state index in [4.69, 9.17) is 0 Å².